The molecular weight excluding hydrogens is 246 g/mol. The Bertz CT molecular complexity index is 471. The molecule has 0 aromatic heterocycles. The maximum Gasteiger partial charge on any atom is 0.292 e. The number of amides is 1. The van der Waals surface area contributed by atoms with Crippen LogP contribution in [-0.2, 0) is 4.79 Å². The summed E-state index contributed by atoms with van der Waals surface area (Å²) in [7, 11) is 2.96. The summed E-state index contributed by atoms with van der Waals surface area (Å²) in [6.07, 6.45) is 0.763. The van der Waals surface area contributed by atoms with Crippen molar-refractivity contribution in [1.82, 2.24) is 5.32 Å². The van der Waals surface area contributed by atoms with E-state index in [4.69, 9.17) is 9.47 Å². The summed E-state index contributed by atoms with van der Waals surface area (Å²) in [5, 5.41) is 2.63. The van der Waals surface area contributed by atoms with Gasteiger partial charge in [-0.05, 0) is 25.5 Å². The van der Waals surface area contributed by atoms with Crippen LogP contribution in [0, 0.1) is 0 Å². The van der Waals surface area contributed by atoms with Crippen LogP contribution in [0.15, 0.2) is 18.2 Å². The van der Waals surface area contributed by atoms with Crippen molar-refractivity contribution in [1.29, 1.82) is 0 Å². The molecule has 0 aliphatic heterocycles. The molecule has 1 rings (SSSR count). The number of nitrogens with one attached hydrogen (secondary N) is 1. The van der Waals surface area contributed by atoms with Crippen molar-refractivity contribution < 1.29 is 19.1 Å². The number of methoxy groups -OCH3 is 2. The van der Waals surface area contributed by atoms with E-state index in [1.165, 1.54) is 20.3 Å². The highest BCUT2D eigenvalue weighted by molar-refractivity contribution is 6.43. The zero-order valence-corrected chi connectivity index (χ0v) is 11.6. The van der Waals surface area contributed by atoms with Crippen LogP contribution in [0.25, 0.3) is 0 Å². The lowest BCUT2D eigenvalue weighted by Crippen LogP contribution is -2.37. The summed E-state index contributed by atoms with van der Waals surface area (Å²) in [4.78, 5) is 23.8. The first-order chi connectivity index (χ1) is 9.03. The van der Waals surface area contributed by atoms with Crippen LogP contribution in [0.1, 0.15) is 30.6 Å². The molecule has 0 fully saturated rings. The molecule has 1 N–H and O–H groups in total. The van der Waals surface area contributed by atoms with Crippen LogP contribution < -0.4 is 14.8 Å². The number of Topliss-reactive ketones (excluding diaryl/α,β-unsaturated/α-hetero) is 1. The molecule has 1 atom stereocenters. The third-order valence-electron chi connectivity index (χ3n) is 2.85. The Morgan fingerprint density at radius 3 is 2.47 bits per heavy atom. The zero-order chi connectivity index (χ0) is 14.4. The minimum Gasteiger partial charge on any atom is -0.497 e. The van der Waals surface area contributed by atoms with Gasteiger partial charge in [0.2, 0.25) is 0 Å². The molecule has 5 nitrogen and oxygen atoms in total. The number of carbonyl (C=O) groups excluding carboxylic acids is 2. The quantitative estimate of drug-likeness (QED) is 0.629. The van der Waals surface area contributed by atoms with Crippen LogP contribution in [0.3, 0.4) is 0 Å². The number of hydrogen-bond acceptors (Lipinski definition) is 4. The number of carbonyl (C=O) groups is 2. The van der Waals surface area contributed by atoms with Crippen molar-refractivity contribution in [2.24, 2.45) is 0 Å². The maximum absolute atomic E-state index is 12.0. The van der Waals surface area contributed by atoms with Crippen LogP contribution in [0.2, 0.25) is 0 Å². The first-order valence-electron chi connectivity index (χ1n) is 6.10. The molecule has 1 aromatic carbocycles. The second kappa shape index (κ2) is 6.78. The molecule has 0 radical (unpaired) electrons. The highest BCUT2D eigenvalue weighted by atomic mass is 16.5. The van der Waals surface area contributed by atoms with Gasteiger partial charge in [-0.25, -0.2) is 0 Å². The summed E-state index contributed by atoms with van der Waals surface area (Å²) < 4.78 is 10.2. The molecule has 1 aromatic rings. The SMILES string of the molecule is CCC(C)NC(=O)C(=O)c1ccc(OC)cc1OC. The molecule has 0 aliphatic carbocycles. The van der Waals surface area contributed by atoms with Crippen molar-refractivity contribution in [2.45, 2.75) is 26.3 Å². The fraction of sp³-hybridized carbons (Fsp3) is 0.429. The van der Waals surface area contributed by atoms with Gasteiger partial charge in [-0.15, -0.1) is 0 Å². The highest BCUT2D eigenvalue weighted by Crippen LogP contribution is 2.24. The normalized spacial score (nSPS) is 11.6. The smallest absolute Gasteiger partial charge is 0.292 e. The molecular formula is C14H19NO4. The average Bonchev–Trinajstić information content (AvgIpc) is 2.45. The van der Waals surface area contributed by atoms with E-state index in [1.54, 1.807) is 12.1 Å². The fourth-order valence-electron chi connectivity index (χ4n) is 1.50. The minimum atomic E-state index is -0.627. The molecule has 0 aliphatic rings. The van der Waals surface area contributed by atoms with Crippen LogP contribution in [0.5, 0.6) is 11.5 Å². The van der Waals surface area contributed by atoms with E-state index in [-0.39, 0.29) is 11.6 Å². The average molecular weight is 265 g/mol. The van der Waals surface area contributed by atoms with Gasteiger partial charge in [-0.1, -0.05) is 6.92 Å². The lowest BCUT2D eigenvalue weighted by atomic mass is 10.1. The number of benzene rings is 1. The molecule has 1 amide bonds. The molecule has 0 saturated heterocycles. The third kappa shape index (κ3) is 3.71. The molecule has 19 heavy (non-hydrogen) atoms. The Balaban J connectivity index is 2.96. The first-order valence-corrected chi connectivity index (χ1v) is 6.10. The Hall–Kier alpha value is -2.04. The van der Waals surface area contributed by atoms with Crippen molar-refractivity contribution in [3.63, 3.8) is 0 Å². The number of rotatable bonds is 6. The molecule has 1 unspecified atom stereocenters. The molecule has 0 bridgehead atoms. The summed E-state index contributed by atoms with van der Waals surface area (Å²) in [5.74, 6) is -0.350. The van der Waals surface area contributed by atoms with Gasteiger partial charge in [-0.2, -0.15) is 0 Å². The van der Waals surface area contributed by atoms with Crippen LogP contribution in [-0.4, -0.2) is 32.0 Å². The van der Waals surface area contributed by atoms with Gasteiger partial charge in [0.05, 0.1) is 19.8 Å². The number of hydrogen-bond donors (Lipinski definition) is 1. The predicted octanol–water partition coefficient (Wildman–Crippen LogP) is 1.80. The van der Waals surface area contributed by atoms with Gasteiger partial charge < -0.3 is 14.8 Å². The maximum atomic E-state index is 12.0. The predicted molar refractivity (Wildman–Crippen MR) is 71.8 cm³/mol. The zero-order valence-electron chi connectivity index (χ0n) is 11.6. The van der Waals surface area contributed by atoms with Gasteiger partial charge in [0.25, 0.3) is 11.7 Å². The van der Waals surface area contributed by atoms with E-state index in [0.29, 0.717) is 11.5 Å². The Morgan fingerprint density at radius 1 is 1.26 bits per heavy atom. The standard InChI is InChI=1S/C14H19NO4/c1-5-9(2)15-14(17)13(16)11-7-6-10(18-3)8-12(11)19-4/h6-9H,5H2,1-4H3,(H,15,17). The van der Waals surface area contributed by atoms with Gasteiger partial charge in [0.15, 0.2) is 0 Å². The fourth-order valence-corrected chi connectivity index (χ4v) is 1.50. The number of ketones is 1. The molecule has 104 valence electrons. The van der Waals surface area contributed by atoms with E-state index in [1.807, 2.05) is 13.8 Å². The largest absolute Gasteiger partial charge is 0.497 e. The highest BCUT2D eigenvalue weighted by Gasteiger charge is 2.21. The summed E-state index contributed by atoms with van der Waals surface area (Å²) >= 11 is 0. The Labute approximate surface area is 112 Å². The van der Waals surface area contributed by atoms with E-state index < -0.39 is 11.7 Å². The van der Waals surface area contributed by atoms with Gasteiger partial charge >= 0.3 is 0 Å². The first kappa shape index (κ1) is 15.0. The van der Waals surface area contributed by atoms with E-state index >= 15 is 0 Å². The van der Waals surface area contributed by atoms with Crippen molar-refractivity contribution >= 4 is 11.7 Å². The summed E-state index contributed by atoms with van der Waals surface area (Å²) in [6.45, 7) is 3.78. The third-order valence-corrected chi connectivity index (χ3v) is 2.85. The van der Waals surface area contributed by atoms with Crippen molar-refractivity contribution in [2.75, 3.05) is 14.2 Å². The van der Waals surface area contributed by atoms with Crippen molar-refractivity contribution in [3.05, 3.63) is 23.8 Å². The lowest BCUT2D eigenvalue weighted by Gasteiger charge is -2.12. The van der Waals surface area contributed by atoms with E-state index in [2.05, 4.69) is 5.32 Å². The van der Waals surface area contributed by atoms with E-state index in [9.17, 15) is 9.59 Å². The Morgan fingerprint density at radius 2 is 1.95 bits per heavy atom. The second-order valence-corrected chi connectivity index (χ2v) is 4.18. The van der Waals surface area contributed by atoms with Gasteiger partial charge in [0, 0.05) is 12.1 Å². The van der Waals surface area contributed by atoms with Gasteiger partial charge in [0.1, 0.15) is 11.5 Å². The summed E-state index contributed by atoms with van der Waals surface area (Å²) in [5.41, 5.74) is 0.226. The van der Waals surface area contributed by atoms with Gasteiger partial charge in [-0.3, -0.25) is 9.59 Å². The van der Waals surface area contributed by atoms with Crippen LogP contribution >= 0.6 is 0 Å². The number of ether oxygens (including phenoxy) is 2. The van der Waals surface area contributed by atoms with Crippen LogP contribution in [0.4, 0.5) is 0 Å². The monoisotopic (exact) mass is 265 g/mol. The lowest BCUT2D eigenvalue weighted by molar-refractivity contribution is -0.117. The summed E-state index contributed by atoms with van der Waals surface area (Å²) in [6, 6.07) is 4.67. The Kier molecular flexibility index (Phi) is 5.36. The molecule has 0 heterocycles. The molecule has 0 spiro atoms. The minimum absolute atomic E-state index is 0.0410. The molecule has 5 heteroatoms. The topological polar surface area (TPSA) is 64.6 Å². The second-order valence-electron chi connectivity index (χ2n) is 4.18. The van der Waals surface area contributed by atoms with E-state index in [0.717, 1.165) is 6.42 Å². The molecule has 0 saturated carbocycles. The van der Waals surface area contributed by atoms with Crippen molar-refractivity contribution in [3.8, 4) is 11.5 Å².